The maximum Gasteiger partial charge on any atom is 0.270 e. The SMILES string of the molecule is CC(CCl)C(C)NC(=O)c1ccccn1. The largest absolute Gasteiger partial charge is 0.348 e. The Morgan fingerprint density at radius 3 is 2.80 bits per heavy atom. The summed E-state index contributed by atoms with van der Waals surface area (Å²) in [7, 11) is 0. The second-order valence-corrected chi connectivity index (χ2v) is 3.92. The monoisotopic (exact) mass is 226 g/mol. The zero-order valence-electron chi connectivity index (χ0n) is 8.90. The van der Waals surface area contributed by atoms with Crippen LogP contribution in [0.1, 0.15) is 24.3 Å². The predicted molar refractivity (Wildman–Crippen MR) is 61.0 cm³/mol. The number of carbonyl (C=O) groups excluding carboxylic acids is 1. The topological polar surface area (TPSA) is 42.0 Å². The molecule has 15 heavy (non-hydrogen) atoms. The van der Waals surface area contributed by atoms with Gasteiger partial charge in [0.1, 0.15) is 5.69 Å². The first kappa shape index (κ1) is 12.0. The van der Waals surface area contributed by atoms with E-state index in [0.29, 0.717) is 11.6 Å². The number of aromatic nitrogens is 1. The number of nitrogens with zero attached hydrogens (tertiary/aromatic N) is 1. The molecule has 0 spiro atoms. The van der Waals surface area contributed by atoms with Gasteiger partial charge in [-0.1, -0.05) is 13.0 Å². The summed E-state index contributed by atoms with van der Waals surface area (Å²) in [6, 6.07) is 5.31. The summed E-state index contributed by atoms with van der Waals surface area (Å²) in [5.41, 5.74) is 0.436. The molecule has 0 bridgehead atoms. The third-order valence-corrected chi connectivity index (χ3v) is 2.84. The Labute approximate surface area is 94.9 Å². The highest BCUT2D eigenvalue weighted by Gasteiger charge is 2.15. The van der Waals surface area contributed by atoms with Gasteiger partial charge in [0.05, 0.1) is 0 Å². The zero-order valence-corrected chi connectivity index (χ0v) is 9.66. The van der Waals surface area contributed by atoms with Crippen molar-refractivity contribution in [1.82, 2.24) is 10.3 Å². The number of pyridine rings is 1. The lowest BCUT2D eigenvalue weighted by Gasteiger charge is -2.18. The second kappa shape index (κ2) is 5.71. The summed E-state index contributed by atoms with van der Waals surface area (Å²) >= 11 is 5.71. The fourth-order valence-electron chi connectivity index (χ4n) is 1.05. The van der Waals surface area contributed by atoms with E-state index in [-0.39, 0.29) is 17.9 Å². The minimum atomic E-state index is -0.153. The average molecular weight is 227 g/mol. The van der Waals surface area contributed by atoms with Crippen molar-refractivity contribution in [2.24, 2.45) is 5.92 Å². The van der Waals surface area contributed by atoms with E-state index < -0.39 is 0 Å². The minimum Gasteiger partial charge on any atom is -0.348 e. The van der Waals surface area contributed by atoms with E-state index in [1.807, 2.05) is 13.8 Å². The van der Waals surface area contributed by atoms with Gasteiger partial charge < -0.3 is 5.32 Å². The lowest BCUT2D eigenvalue weighted by atomic mass is 10.1. The Balaban J connectivity index is 2.57. The van der Waals surface area contributed by atoms with E-state index in [1.54, 1.807) is 24.4 Å². The first-order valence-corrected chi connectivity index (χ1v) is 5.46. The van der Waals surface area contributed by atoms with Crippen LogP contribution in [0.5, 0.6) is 0 Å². The summed E-state index contributed by atoms with van der Waals surface area (Å²) in [5.74, 6) is 0.628. The van der Waals surface area contributed by atoms with Crippen LogP contribution in [0.4, 0.5) is 0 Å². The Morgan fingerprint density at radius 1 is 1.53 bits per heavy atom. The molecule has 1 aromatic rings. The van der Waals surface area contributed by atoms with Crippen LogP contribution in [0.15, 0.2) is 24.4 Å². The number of nitrogens with one attached hydrogen (secondary N) is 1. The first-order valence-electron chi connectivity index (χ1n) is 4.93. The van der Waals surface area contributed by atoms with Crippen molar-refractivity contribution in [3.05, 3.63) is 30.1 Å². The Hall–Kier alpha value is -1.09. The summed E-state index contributed by atoms with van der Waals surface area (Å²) < 4.78 is 0. The summed E-state index contributed by atoms with van der Waals surface area (Å²) in [6.45, 7) is 3.93. The molecule has 1 rings (SSSR count). The van der Waals surface area contributed by atoms with Crippen LogP contribution in [0.3, 0.4) is 0 Å². The van der Waals surface area contributed by atoms with Crippen LogP contribution in [0.2, 0.25) is 0 Å². The molecule has 0 saturated heterocycles. The minimum absolute atomic E-state index is 0.0528. The van der Waals surface area contributed by atoms with Gasteiger partial charge in [0.15, 0.2) is 0 Å². The van der Waals surface area contributed by atoms with E-state index in [2.05, 4.69) is 10.3 Å². The van der Waals surface area contributed by atoms with Gasteiger partial charge in [0.2, 0.25) is 0 Å². The molecule has 3 nitrogen and oxygen atoms in total. The normalized spacial score (nSPS) is 14.3. The first-order chi connectivity index (χ1) is 7.15. The highest BCUT2D eigenvalue weighted by Crippen LogP contribution is 2.05. The van der Waals surface area contributed by atoms with Crippen LogP contribution < -0.4 is 5.32 Å². The number of carbonyl (C=O) groups is 1. The predicted octanol–water partition coefficient (Wildman–Crippen LogP) is 2.07. The van der Waals surface area contributed by atoms with E-state index >= 15 is 0 Å². The van der Waals surface area contributed by atoms with E-state index in [1.165, 1.54) is 0 Å². The lowest BCUT2D eigenvalue weighted by Crippen LogP contribution is -2.38. The molecule has 1 amide bonds. The molecule has 0 aliphatic heterocycles. The van der Waals surface area contributed by atoms with Crippen LogP contribution in [-0.4, -0.2) is 22.8 Å². The second-order valence-electron chi connectivity index (χ2n) is 3.61. The van der Waals surface area contributed by atoms with Crippen LogP contribution in [-0.2, 0) is 0 Å². The molecule has 1 N–H and O–H groups in total. The highest BCUT2D eigenvalue weighted by atomic mass is 35.5. The molecule has 0 aliphatic rings. The smallest absolute Gasteiger partial charge is 0.270 e. The maximum atomic E-state index is 11.7. The molecule has 0 aliphatic carbocycles. The van der Waals surface area contributed by atoms with E-state index in [4.69, 9.17) is 11.6 Å². The van der Waals surface area contributed by atoms with Gasteiger partial charge in [-0.2, -0.15) is 0 Å². The highest BCUT2D eigenvalue weighted by molar-refractivity contribution is 6.18. The van der Waals surface area contributed by atoms with Gasteiger partial charge in [0, 0.05) is 18.1 Å². The fourth-order valence-corrected chi connectivity index (χ4v) is 1.32. The van der Waals surface area contributed by atoms with Crippen molar-refractivity contribution in [3.8, 4) is 0 Å². The molecule has 4 heteroatoms. The van der Waals surface area contributed by atoms with Gasteiger partial charge in [-0.25, -0.2) is 0 Å². The number of hydrogen-bond donors (Lipinski definition) is 1. The number of alkyl halides is 1. The molecule has 1 aromatic heterocycles. The number of rotatable bonds is 4. The molecular formula is C11H15ClN2O. The van der Waals surface area contributed by atoms with Crippen LogP contribution in [0, 0.1) is 5.92 Å². The van der Waals surface area contributed by atoms with Gasteiger partial charge >= 0.3 is 0 Å². The van der Waals surface area contributed by atoms with Crippen molar-refractivity contribution in [1.29, 1.82) is 0 Å². The zero-order chi connectivity index (χ0) is 11.3. The Kier molecular flexibility index (Phi) is 4.56. The van der Waals surface area contributed by atoms with Gasteiger partial charge in [-0.3, -0.25) is 9.78 Å². The lowest BCUT2D eigenvalue weighted by molar-refractivity contribution is 0.0926. The number of halogens is 1. The van der Waals surface area contributed by atoms with E-state index in [9.17, 15) is 4.79 Å². The molecule has 0 saturated carbocycles. The molecule has 82 valence electrons. The van der Waals surface area contributed by atoms with E-state index in [0.717, 1.165) is 0 Å². The third-order valence-electron chi connectivity index (χ3n) is 2.35. The Bertz CT molecular complexity index is 316. The molecule has 0 aromatic carbocycles. The third kappa shape index (κ3) is 3.51. The molecule has 1 heterocycles. The Morgan fingerprint density at radius 2 is 2.27 bits per heavy atom. The summed E-state index contributed by atoms with van der Waals surface area (Å²) in [5, 5.41) is 2.86. The molecule has 0 radical (unpaired) electrons. The molecular weight excluding hydrogens is 212 g/mol. The number of amides is 1. The van der Waals surface area contributed by atoms with Crippen molar-refractivity contribution < 1.29 is 4.79 Å². The fraction of sp³-hybridized carbons (Fsp3) is 0.455. The van der Waals surface area contributed by atoms with Crippen molar-refractivity contribution in [3.63, 3.8) is 0 Å². The van der Waals surface area contributed by atoms with Crippen molar-refractivity contribution >= 4 is 17.5 Å². The van der Waals surface area contributed by atoms with Crippen LogP contribution >= 0.6 is 11.6 Å². The summed E-state index contributed by atoms with van der Waals surface area (Å²) in [4.78, 5) is 15.6. The maximum absolute atomic E-state index is 11.7. The molecule has 2 unspecified atom stereocenters. The standard InChI is InChI=1S/C11H15ClN2O/c1-8(7-12)9(2)14-11(15)10-5-3-4-6-13-10/h3-6,8-9H,7H2,1-2H3,(H,14,15). The average Bonchev–Trinajstić information content (AvgIpc) is 2.29. The quantitative estimate of drug-likeness (QED) is 0.799. The molecule has 0 fully saturated rings. The van der Waals surface area contributed by atoms with Crippen LogP contribution in [0.25, 0.3) is 0 Å². The van der Waals surface area contributed by atoms with Gasteiger partial charge in [0.25, 0.3) is 5.91 Å². The summed E-state index contributed by atoms with van der Waals surface area (Å²) in [6.07, 6.45) is 1.60. The van der Waals surface area contributed by atoms with Crippen molar-refractivity contribution in [2.45, 2.75) is 19.9 Å². The van der Waals surface area contributed by atoms with Gasteiger partial charge in [-0.15, -0.1) is 11.6 Å². The number of hydrogen-bond acceptors (Lipinski definition) is 2. The van der Waals surface area contributed by atoms with Crippen molar-refractivity contribution in [2.75, 3.05) is 5.88 Å². The van der Waals surface area contributed by atoms with Gasteiger partial charge in [-0.05, 0) is 25.0 Å². The molecule has 2 atom stereocenters.